The summed E-state index contributed by atoms with van der Waals surface area (Å²) < 4.78 is 0. The van der Waals surface area contributed by atoms with Crippen molar-refractivity contribution >= 4 is 17.6 Å². The lowest BCUT2D eigenvalue weighted by Crippen LogP contribution is -2.48. The zero-order valence-electron chi connectivity index (χ0n) is 11.2. The Morgan fingerprint density at radius 2 is 1.72 bits per heavy atom. The molecule has 0 spiro atoms. The average molecular weight is 254 g/mol. The van der Waals surface area contributed by atoms with Gasteiger partial charge < -0.3 is 15.0 Å². The van der Waals surface area contributed by atoms with E-state index in [1.165, 1.54) is 13.3 Å². The number of ketones is 1. The van der Waals surface area contributed by atoms with Crippen LogP contribution in [0.2, 0.25) is 0 Å². The van der Waals surface area contributed by atoms with Crippen molar-refractivity contribution in [1.82, 2.24) is 10.2 Å². The lowest BCUT2D eigenvalue weighted by atomic mass is 10.1. The van der Waals surface area contributed by atoms with Gasteiger partial charge in [0.2, 0.25) is 11.8 Å². The maximum atomic E-state index is 12.0. The van der Waals surface area contributed by atoms with E-state index in [0.29, 0.717) is 0 Å². The average Bonchev–Trinajstić information content (AvgIpc) is 2.36. The maximum Gasteiger partial charge on any atom is 0.244 e. The van der Waals surface area contributed by atoms with E-state index >= 15 is 0 Å². The summed E-state index contributed by atoms with van der Waals surface area (Å²) in [6, 6.07) is -0.498. The molecule has 1 N–H and O–H groups in total. The molecule has 0 saturated carbocycles. The van der Waals surface area contributed by atoms with Crippen molar-refractivity contribution in [2.45, 2.75) is 52.0 Å². The van der Waals surface area contributed by atoms with Crippen molar-refractivity contribution in [2.75, 3.05) is 13.1 Å². The zero-order chi connectivity index (χ0) is 13.5. The number of carbonyl (C=O) groups excluding carboxylic acids is 3. The molecule has 1 rings (SSSR count). The zero-order valence-corrected chi connectivity index (χ0v) is 11.2. The summed E-state index contributed by atoms with van der Waals surface area (Å²) in [5, 5.41) is 2.65. The fourth-order valence-electron chi connectivity index (χ4n) is 2.05. The lowest BCUT2D eigenvalue weighted by molar-refractivity contribution is -0.136. The topological polar surface area (TPSA) is 66.5 Å². The highest BCUT2D eigenvalue weighted by Crippen LogP contribution is 2.10. The van der Waals surface area contributed by atoms with Crippen molar-refractivity contribution in [3.63, 3.8) is 0 Å². The number of Topliss-reactive ketones (excluding diaryl/α,β-unsaturated/α-hetero) is 1. The standard InChI is InChI=1S/C13H22N2O3/c1-10(16)6-7-12(17)14-11(2)13(18)15-8-4-3-5-9-15/h11H,3-9H2,1-2H3,(H,14,17). The number of carbonyl (C=O) groups is 3. The Labute approximate surface area is 108 Å². The van der Waals surface area contributed by atoms with Gasteiger partial charge in [0.25, 0.3) is 0 Å². The van der Waals surface area contributed by atoms with Gasteiger partial charge in [0.1, 0.15) is 11.8 Å². The minimum Gasteiger partial charge on any atom is -0.345 e. The first-order chi connectivity index (χ1) is 8.50. The predicted molar refractivity (Wildman–Crippen MR) is 68.0 cm³/mol. The maximum absolute atomic E-state index is 12.0. The van der Waals surface area contributed by atoms with Gasteiger partial charge in [-0.3, -0.25) is 9.59 Å². The highest BCUT2D eigenvalue weighted by Gasteiger charge is 2.23. The van der Waals surface area contributed by atoms with Crippen LogP contribution in [0.3, 0.4) is 0 Å². The molecule has 1 atom stereocenters. The van der Waals surface area contributed by atoms with Crippen LogP contribution in [-0.4, -0.2) is 41.6 Å². The molecule has 1 unspecified atom stereocenters. The molecule has 1 aliphatic rings. The Bertz CT molecular complexity index is 322. The van der Waals surface area contributed by atoms with Crippen molar-refractivity contribution in [1.29, 1.82) is 0 Å². The van der Waals surface area contributed by atoms with Crippen LogP contribution in [0, 0.1) is 0 Å². The molecule has 0 aromatic rings. The molecular weight excluding hydrogens is 232 g/mol. The van der Waals surface area contributed by atoms with Gasteiger partial charge in [0.15, 0.2) is 0 Å². The second-order valence-corrected chi connectivity index (χ2v) is 4.88. The molecule has 1 saturated heterocycles. The van der Waals surface area contributed by atoms with E-state index in [0.717, 1.165) is 25.9 Å². The van der Waals surface area contributed by atoms with Gasteiger partial charge in [-0.25, -0.2) is 0 Å². The third-order valence-electron chi connectivity index (χ3n) is 3.12. The summed E-state index contributed by atoms with van der Waals surface area (Å²) >= 11 is 0. The first kappa shape index (κ1) is 14.7. The van der Waals surface area contributed by atoms with E-state index in [9.17, 15) is 14.4 Å². The number of nitrogens with one attached hydrogen (secondary N) is 1. The quantitative estimate of drug-likeness (QED) is 0.791. The van der Waals surface area contributed by atoms with E-state index in [4.69, 9.17) is 0 Å². The molecular formula is C13H22N2O3. The highest BCUT2D eigenvalue weighted by molar-refractivity contribution is 5.89. The Hall–Kier alpha value is -1.39. The van der Waals surface area contributed by atoms with Crippen LogP contribution in [0.15, 0.2) is 0 Å². The number of nitrogens with zero attached hydrogens (tertiary/aromatic N) is 1. The summed E-state index contributed by atoms with van der Waals surface area (Å²) in [5.41, 5.74) is 0. The van der Waals surface area contributed by atoms with Crippen LogP contribution in [0.5, 0.6) is 0 Å². The van der Waals surface area contributed by atoms with Gasteiger partial charge in [-0.1, -0.05) is 0 Å². The number of likely N-dealkylation sites (tertiary alicyclic amines) is 1. The van der Waals surface area contributed by atoms with E-state index in [-0.39, 0.29) is 30.4 Å². The van der Waals surface area contributed by atoms with Gasteiger partial charge in [-0.15, -0.1) is 0 Å². The van der Waals surface area contributed by atoms with Crippen LogP contribution in [-0.2, 0) is 14.4 Å². The summed E-state index contributed by atoms with van der Waals surface area (Å²) in [7, 11) is 0. The molecule has 0 aromatic heterocycles. The van der Waals surface area contributed by atoms with Gasteiger partial charge in [-0.2, -0.15) is 0 Å². The van der Waals surface area contributed by atoms with E-state index < -0.39 is 6.04 Å². The second kappa shape index (κ2) is 7.13. The van der Waals surface area contributed by atoms with Gasteiger partial charge in [-0.05, 0) is 33.1 Å². The Morgan fingerprint density at radius 3 is 2.28 bits per heavy atom. The molecule has 2 amide bonds. The summed E-state index contributed by atoms with van der Waals surface area (Å²) in [5.74, 6) is -0.269. The normalized spacial score (nSPS) is 17.1. The molecule has 5 heteroatoms. The second-order valence-electron chi connectivity index (χ2n) is 4.88. The molecule has 1 fully saturated rings. The molecule has 0 aromatic carbocycles. The summed E-state index contributed by atoms with van der Waals surface area (Å²) in [6.45, 7) is 4.72. The van der Waals surface area contributed by atoms with E-state index in [2.05, 4.69) is 5.32 Å². The number of hydrogen-bond acceptors (Lipinski definition) is 3. The van der Waals surface area contributed by atoms with Crippen LogP contribution in [0.4, 0.5) is 0 Å². The Balaban J connectivity index is 2.34. The van der Waals surface area contributed by atoms with Gasteiger partial charge in [0, 0.05) is 25.9 Å². The molecule has 18 heavy (non-hydrogen) atoms. The fraction of sp³-hybridized carbons (Fsp3) is 0.769. The third kappa shape index (κ3) is 4.85. The highest BCUT2D eigenvalue weighted by atomic mass is 16.2. The molecule has 0 bridgehead atoms. The lowest BCUT2D eigenvalue weighted by Gasteiger charge is -2.29. The summed E-state index contributed by atoms with van der Waals surface area (Å²) in [6.07, 6.45) is 3.64. The number of hydrogen-bond donors (Lipinski definition) is 1. The smallest absolute Gasteiger partial charge is 0.244 e. The SMILES string of the molecule is CC(=O)CCC(=O)NC(C)C(=O)N1CCCCC1. The summed E-state index contributed by atoms with van der Waals surface area (Å²) in [4.78, 5) is 36.1. The van der Waals surface area contributed by atoms with Crippen molar-refractivity contribution in [3.8, 4) is 0 Å². The van der Waals surface area contributed by atoms with Crippen LogP contribution in [0.25, 0.3) is 0 Å². The first-order valence-electron chi connectivity index (χ1n) is 6.58. The number of piperidine rings is 1. The van der Waals surface area contributed by atoms with E-state index in [1.54, 1.807) is 11.8 Å². The molecule has 5 nitrogen and oxygen atoms in total. The van der Waals surface area contributed by atoms with Gasteiger partial charge >= 0.3 is 0 Å². The first-order valence-corrected chi connectivity index (χ1v) is 6.58. The Kier molecular flexibility index (Phi) is 5.82. The predicted octanol–water partition coefficient (Wildman–Crippen LogP) is 0.873. The van der Waals surface area contributed by atoms with Crippen LogP contribution < -0.4 is 5.32 Å². The third-order valence-corrected chi connectivity index (χ3v) is 3.12. The minimum atomic E-state index is -0.498. The van der Waals surface area contributed by atoms with E-state index in [1.807, 2.05) is 0 Å². The van der Waals surface area contributed by atoms with Crippen molar-refractivity contribution < 1.29 is 14.4 Å². The fourth-order valence-corrected chi connectivity index (χ4v) is 2.05. The van der Waals surface area contributed by atoms with Crippen LogP contribution >= 0.6 is 0 Å². The molecule has 1 heterocycles. The van der Waals surface area contributed by atoms with Gasteiger partial charge in [0.05, 0.1) is 0 Å². The van der Waals surface area contributed by atoms with Crippen molar-refractivity contribution in [3.05, 3.63) is 0 Å². The molecule has 0 aliphatic carbocycles. The molecule has 1 aliphatic heterocycles. The minimum absolute atomic E-state index is 0.0137. The largest absolute Gasteiger partial charge is 0.345 e. The molecule has 102 valence electrons. The number of amides is 2. The molecule has 0 radical (unpaired) electrons. The Morgan fingerprint density at radius 1 is 1.11 bits per heavy atom. The monoisotopic (exact) mass is 254 g/mol. The van der Waals surface area contributed by atoms with Crippen LogP contribution in [0.1, 0.15) is 46.0 Å². The number of rotatable bonds is 5. The van der Waals surface area contributed by atoms with Crippen molar-refractivity contribution in [2.24, 2.45) is 0 Å².